The first-order chi connectivity index (χ1) is 10.7. The van der Waals surface area contributed by atoms with Crippen LogP contribution >= 0.6 is 0 Å². The molecule has 0 saturated heterocycles. The van der Waals surface area contributed by atoms with Crippen LogP contribution in [0.4, 0.5) is 4.79 Å². The molecule has 2 N–H and O–H groups in total. The molecule has 134 valence electrons. The molecule has 0 bridgehead atoms. The van der Waals surface area contributed by atoms with Crippen LogP contribution in [0, 0.1) is 0 Å². The van der Waals surface area contributed by atoms with Crippen LogP contribution in [-0.2, 0) is 9.53 Å². The number of hydrogen-bond donors (Lipinski definition) is 2. The smallest absolute Gasteiger partial charge is 0.410 e. The highest BCUT2D eigenvalue weighted by Crippen LogP contribution is 2.23. The fourth-order valence-corrected chi connectivity index (χ4v) is 2.80. The van der Waals surface area contributed by atoms with Crippen molar-refractivity contribution in [2.45, 2.75) is 83.9 Å². The molecule has 1 rings (SSSR count). The van der Waals surface area contributed by atoms with Gasteiger partial charge in [-0.15, -0.1) is 0 Å². The summed E-state index contributed by atoms with van der Waals surface area (Å²) in [5, 5.41) is 11.9. The molecule has 0 radical (unpaired) electrons. The maximum absolute atomic E-state index is 12.5. The maximum atomic E-state index is 12.5. The van der Waals surface area contributed by atoms with E-state index in [1.807, 2.05) is 20.8 Å². The Morgan fingerprint density at radius 2 is 1.78 bits per heavy atom. The fraction of sp³-hybridized carbons (Fsp3) is 0.882. The van der Waals surface area contributed by atoms with Crippen molar-refractivity contribution < 1.29 is 19.4 Å². The van der Waals surface area contributed by atoms with Gasteiger partial charge in [0.2, 0.25) is 0 Å². The van der Waals surface area contributed by atoms with Crippen LogP contribution in [-0.4, -0.2) is 52.8 Å². The van der Waals surface area contributed by atoms with Crippen LogP contribution in [0.1, 0.15) is 66.2 Å². The van der Waals surface area contributed by atoms with Gasteiger partial charge in [0, 0.05) is 19.1 Å². The van der Waals surface area contributed by atoms with Crippen LogP contribution in [0.3, 0.4) is 0 Å². The molecule has 0 aromatic heterocycles. The Morgan fingerprint density at radius 3 is 2.26 bits per heavy atom. The van der Waals surface area contributed by atoms with Gasteiger partial charge in [-0.2, -0.15) is 0 Å². The Labute approximate surface area is 139 Å². The van der Waals surface area contributed by atoms with E-state index in [4.69, 9.17) is 9.84 Å². The van der Waals surface area contributed by atoms with E-state index in [0.717, 1.165) is 25.7 Å². The fourth-order valence-electron chi connectivity index (χ4n) is 2.80. The van der Waals surface area contributed by atoms with Gasteiger partial charge in [-0.05, 0) is 40.5 Å². The van der Waals surface area contributed by atoms with Crippen molar-refractivity contribution in [2.75, 3.05) is 13.1 Å². The quantitative estimate of drug-likeness (QED) is 0.733. The van der Waals surface area contributed by atoms with E-state index in [9.17, 15) is 9.59 Å². The Morgan fingerprint density at radius 1 is 1.22 bits per heavy atom. The maximum Gasteiger partial charge on any atom is 0.410 e. The van der Waals surface area contributed by atoms with E-state index in [-0.39, 0.29) is 12.1 Å². The number of carbonyl (C=O) groups excluding carboxylic acids is 1. The summed E-state index contributed by atoms with van der Waals surface area (Å²) in [5.74, 6) is -0.886. The van der Waals surface area contributed by atoms with Crippen molar-refractivity contribution in [1.29, 1.82) is 0 Å². The Bertz CT molecular complexity index is 385. The van der Waals surface area contributed by atoms with Crippen molar-refractivity contribution in [3.63, 3.8) is 0 Å². The summed E-state index contributed by atoms with van der Waals surface area (Å²) in [5.41, 5.74) is -0.526. The van der Waals surface area contributed by atoms with E-state index in [1.54, 1.807) is 11.8 Å². The average Bonchev–Trinajstić information content (AvgIpc) is 2.70. The minimum Gasteiger partial charge on any atom is -0.480 e. The number of hydrogen-bond acceptors (Lipinski definition) is 4. The van der Waals surface area contributed by atoms with Crippen LogP contribution in [0.25, 0.3) is 0 Å². The first-order valence-electron chi connectivity index (χ1n) is 8.66. The zero-order chi connectivity index (χ0) is 17.5. The van der Waals surface area contributed by atoms with Gasteiger partial charge in [0.05, 0.1) is 0 Å². The van der Waals surface area contributed by atoms with Gasteiger partial charge in [-0.1, -0.05) is 25.7 Å². The highest BCUT2D eigenvalue weighted by molar-refractivity contribution is 5.72. The van der Waals surface area contributed by atoms with Crippen LogP contribution in [0.2, 0.25) is 0 Å². The Balaban J connectivity index is 2.66. The third kappa shape index (κ3) is 7.68. The molecule has 6 heteroatoms. The van der Waals surface area contributed by atoms with Crippen LogP contribution in [0.15, 0.2) is 0 Å². The first-order valence-corrected chi connectivity index (χ1v) is 8.66. The van der Waals surface area contributed by atoms with Crippen molar-refractivity contribution in [3.8, 4) is 0 Å². The molecule has 0 heterocycles. The Hall–Kier alpha value is -1.30. The lowest BCUT2D eigenvalue weighted by Gasteiger charge is -2.33. The van der Waals surface area contributed by atoms with Crippen molar-refractivity contribution in [3.05, 3.63) is 0 Å². The zero-order valence-electron chi connectivity index (χ0n) is 14.9. The lowest BCUT2D eigenvalue weighted by atomic mass is 10.1. The molecule has 1 aliphatic carbocycles. The second-order valence-electron chi connectivity index (χ2n) is 7.33. The number of amides is 1. The highest BCUT2D eigenvalue weighted by atomic mass is 16.6. The van der Waals surface area contributed by atoms with Gasteiger partial charge in [0.15, 0.2) is 0 Å². The molecule has 1 aliphatic rings. The second kappa shape index (κ2) is 9.11. The van der Waals surface area contributed by atoms with Crippen LogP contribution in [0.5, 0.6) is 0 Å². The summed E-state index contributed by atoms with van der Waals surface area (Å²) < 4.78 is 5.54. The first kappa shape index (κ1) is 19.7. The molecule has 0 aromatic carbocycles. The van der Waals surface area contributed by atoms with Crippen LogP contribution < -0.4 is 5.32 Å². The molecular weight excluding hydrogens is 296 g/mol. The number of ether oxygens (including phenoxy) is 1. The summed E-state index contributed by atoms with van der Waals surface area (Å²) in [6.07, 6.45) is 6.38. The SMILES string of the molecule is CC(NCCN(C(=O)OC(C)(C)C)C1CCCCCC1)C(=O)O. The zero-order valence-corrected chi connectivity index (χ0v) is 14.9. The molecule has 1 saturated carbocycles. The molecule has 1 unspecified atom stereocenters. The monoisotopic (exact) mass is 328 g/mol. The number of nitrogens with one attached hydrogen (secondary N) is 1. The molecule has 1 fully saturated rings. The molecule has 0 aromatic rings. The summed E-state index contributed by atoms with van der Waals surface area (Å²) in [6, 6.07) is -0.432. The summed E-state index contributed by atoms with van der Waals surface area (Å²) >= 11 is 0. The van der Waals surface area contributed by atoms with Crippen molar-refractivity contribution >= 4 is 12.1 Å². The summed E-state index contributed by atoms with van der Waals surface area (Å²) in [4.78, 5) is 25.2. The van der Waals surface area contributed by atoms with E-state index < -0.39 is 17.6 Å². The van der Waals surface area contributed by atoms with Gasteiger partial charge < -0.3 is 20.1 Å². The number of nitrogens with zero attached hydrogens (tertiary/aromatic N) is 1. The lowest BCUT2D eigenvalue weighted by molar-refractivity contribution is -0.138. The number of aliphatic carboxylic acids is 1. The normalized spacial score (nSPS) is 18.1. The topological polar surface area (TPSA) is 78.9 Å². The van der Waals surface area contributed by atoms with Gasteiger partial charge >= 0.3 is 12.1 Å². The predicted octanol–water partition coefficient (Wildman–Crippen LogP) is 3.01. The van der Waals surface area contributed by atoms with Crippen molar-refractivity contribution in [2.24, 2.45) is 0 Å². The predicted molar refractivity (Wildman–Crippen MR) is 89.5 cm³/mol. The van der Waals surface area contributed by atoms with E-state index >= 15 is 0 Å². The van der Waals surface area contributed by atoms with Gasteiger partial charge in [-0.25, -0.2) is 4.79 Å². The molecule has 1 amide bonds. The molecular formula is C17H32N2O4. The minimum atomic E-state index is -0.886. The number of carboxylic acids is 1. The summed E-state index contributed by atoms with van der Waals surface area (Å²) in [7, 11) is 0. The molecule has 0 spiro atoms. The highest BCUT2D eigenvalue weighted by Gasteiger charge is 2.28. The standard InChI is InChI=1S/C17H32N2O4/c1-13(15(20)21)18-11-12-19(16(22)23-17(2,3)4)14-9-7-5-6-8-10-14/h13-14,18H,5-12H2,1-4H3,(H,20,21). The summed E-state index contributed by atoms with van der Waals surface area (Å²) in [6.45, 7) is 8.11. The third-order valence-corrected chi connectivity index (χ3v) is 4.07. The number of rotatable bonds is 6. The van der Waals surface area contributed by atoms with Gasteiger partial charge in [0.1, 0.15) is 11.6 Å². The van der Waals surface area contributed by atoms with E-state index in [2.05, 4.69) is 5.32 Å². The minimum absolute atomic E-state index is 0.189. The van der Waals surface area contributed by atoms with Gasteiger partial charge in [-0.3, -0.25) is 4.79 Å². The third-order valence-electron chi connectivity index (χ3n) is 4.07. The number of carboxylic acid groups (broad SMARTS) is 1. The molecule has 0 aliphatic heterocycles. The second-order valence-corrected chi connectivity index (χ2v) is 7.33. The molecule has 6 nitrogen and oxygen atoms in total. The Kier molecular flexibility index (Phi) is 7.82. The largest absolute Gasteiger partial charge is 0.480 e. The molecule has 23 heavy (non-hydrogen) atoms. The number of carbonyl (C=O) groups is 2. The average molecular weight is 328 g/mol. The van der Waals surface area contributed by atoms with E-state index in [1.165, 1.54) is 12.8 Å². The van der Waals surface area contributed by atoms with E-state index in [0.29, 0.717) is 13.1 Å². The van der Waals surface area contributed by atoms with Gasteiger partial charge in [0.25, 0.3) is 0 Å². The molecule has 1 atom stereocenters. The lowest BCUT2D eigenvalue weighted by Crippen LogP contribution is -2.47. The van der Waals surface area contributed by atoms with Crippen molar-refractivity contribution in [1.82, 2.24) is 10.2 Å².